The van der Waals surface area contributed by atoms with Crippen molar-refractivity contribution in [2.24, 2.45) is 0 Å². The lowest BCUT2D eigenvalue weighted by molar-refractivity contribution is -0.115. The molecule has 4 nitrogen and oxygen atoms in total. The van der Waals surface area contributed by atoms with Gasteiger partial charge in [0.15, 0.2) is 5.78 Å². The second kappa shape index (κ2) is 5.50. The second-order valence-electron chi connectivity index (χ2n) is 7.36. The zero-order valence-electron chi connectivity index (χ0n) is 14.2. The first-order valence-electron chi connectivity index (χ1n) is 8.08. The number of Topliss-reactive ketones (excluding diaryl/α,β-unsaturated/α-hetero) is 1. The molecule has 1 fully saturated rings. The van der Waals surface area contributed by atoms with Gasteiger partial charge < -0.3 is 14.4 Å². The molecule has 1 aromatic rings. The summed E-state index contributed by atoms with van der Waals surface area (Å²) in [6, 6.07) is 7.86. The van der Waals surface area contributed by atoms with Crippen LogP contribution in [-0.4, -0.2) is 29.2 Å². The number of carbonyl (C=O) groups excluding carboxylic acids is 1. The van der Waals surface area contributed by atoms with Gasteiger partial charge in [-0.2, -0.15) is 0 Å². The van der Waals surface area contributed by atoms with E-state index in [-0.39, 0.29) is 29.9 Å². The van der Waals surface area contributed by atoms with E-state index in [0.717, 1.165) is 11.0 Å². The summed E-state index contributed by atoms with van der Waals surface area (Å²) in [6.45, 7) is 8.12. The molecule has 0 amide bonds. The summed E-state index contributed by atoms with van der Waals surface area (Å²) in [4.78, 5) is 11.8. The van der Waals surface area contributed by atoms with Crippen molar-refractivity contribution in [3.05, 3.63) is 41.2 Å². The van der Waals surface area contributed by atoms with Gasteiger partial charge in [-0.15, -0.1) is 0 Å². The maximum Gasteiger partial charge on any atom is 0.494 e. The van der Waals surface area contributed by atoms with Crippen molar-refractivity contribution in [1.82, 2.24) is 0 Å². The van der Waals surface area contributed by atoms with Crippen LogP contribution in [0.2, 0.25) is 0 Å². The van der Waals surface area contributed by atoms with Crippen molar-refractivity contribution in [3.63, 3.8) is 0 Å². The van der Waals surface area contributed by atoms with E-state index in [4.69, 9.17) is 9.31 Å². The SMILES string of the molecule is CC1(C)OB(c2ccc(CC3=C(O)CCC3=O)cc2)OC1(C)C. The lowest BCUT2D eigenvalue weighted by atomic mass is 9.78. The van der Waals surface area contributed by atoms with E-state index in [9.17, 15) is 9.90 Å². The van der Waals surface area contributed by atoms with Crippen LogP contribution in [0.5, 0.6) is 0 Å². The Hall–Kier alpha value is -1.59. The quantitative estimate of drug-likeness (QED) is 0.872. The monoisotopic (exact) mass is 314 g/mol. The normalized spacial score (nSPS) is 23.0. The molecule has 0 bridgehead atoms. The van der Waals surface area contributed by atoms with E-state index in [1.165, 1.54) is 0 Å². The molecule has 0 spiro atoms. The molecule has 1 saturated heterocycles. The molecule has 0 atom stereocenters. The van der Waals surface area contributed by atoms with E-state index >= 15 is 0 Å². The first-order valence-corrected chi connectivity index (χ1v) is 8.08. The third-order valence-corrected chi connectivity index (χ3v) is 5.16. The van der Waals surface area contributed by atoms with Gasteiger partial charge in [-0.1, -0.05) is 24.3 Å². The van der Waals surface area contributed by atoms with Crippen LogP contribution in [0, 0.1) is 0 Å². The summed E-state index contributed by atoms with van der Waals surface area (Å²) >= 11 is 0. The standard InChI is InChI=1S/C18H23BO4/c1-17(2)18(3,4)23-19(22-17)13-7-5-12(6-8-13)11-14-15(20)9-10-16(14)21/h5-8,20H,9-11H2,1-4H3. The van der Waals surface area contributed by atoms with Gasteiger partial charge in [-0.25, -0.2) is 0 Å². The number of benzene rings is 1. The molecule has 1 N–H and O–H groups in total. The van der Waals surface area contributed by atoms with Crippen LogP contribution in [0.4, 0.5) is 0 Å². The third kappa shape index (κ3) is 2.95. The minimum absolute atomic E-state index is 0.0533. The molecule has 5 heteroatoms. The summed E-state index contributed by atoms with van der Waals surface area (Å²) in [5.41, 5.74) is 1.80. The number of carbonyl (C=O) groups is 1. The van der Waals surface area contributed by atoms with Gasteiger partial charge in [0, 0.05) is 24.8 Å². The number of hydrogen-bond acceptors (Lipinski definition) is 4. The Morgan fingerprint density at radius 3 is 2.09 bits per heavy atom. The van der Waals surface area contributed by atoms with Gasteiger partial charge in [0.2, 0.25) is 0 Å². The van der Waals surface area contributed by atoms with Gasteiger partial charge in [-0.3, -0.25) is 4.79 Å². The van der Waals surface area contributed by atoms with Crippen molar-refractivity contribution in [2.45, 2.75) is 58.2 Å². The number of ketones is 1. The lowest BCUT2D eigenvalue weighted by Gasteiger charge is -2.32. The summed E-state index contributed by atoms with van der Waals surface area (Å²) in [5.74, 6) is 0.294. The smallest absolute Gasteiger partial charge is 0.494 e. The molecule has 0 radical (unpaired) electrons. The van der Waals surface area contributed by atoms with Crippen LogP contribution in [0.25, 0.3) is 0 Å². The van der Waals surface area contributed by atoms with E-state index < -0.39 is 0 Å². The second-order valence-corrected chi connectivity index (χ2v) is 7.36. The largest absolute Gasteiger partial charge is 0.512 e. The molecule has 122 valence electrons. The van der Waals surface area contributed by atoms with Crippen molar-refractivity contribution < 1.29 is 19.2 Å². The molecular formula is C18H23BO4. The van der Waals surface area contributed by atoms with Crippen LogP contribution in [-0.2, 0) is 20.5 Å². The molecular weight excluding hydrogens is 291 g/mol. The Balaban J connectivity index is 1.74. The maximum atomic E-state index is 11.8. The lowest BCUT2D eigenvalue weighted by Crippen LogP contribution is -2.41. The zero-order chi connectivity index (χ0) is 16.8. The van der Waals surface area contributed by atoms with E-state index in [2.05, 4.69) is 0 Å². The highest BCUT2D eigenvalue weighted by molar-refractivity contribution is 6.62. The number of rotatable bonds is 3. The number of hydrogen-bond donors (Lipinski definition) is 1. The first kappa shape index (κ1) is 16.3. The number of aliphatic hydroxyl groups excluding tert-OH is 1. The summed E-state index contributed by atoms with van der Waals surface area (Å²) in [6.07, 6.45) is 1.38. The number of aliphatic hydroxyl groups is 1. The fourth-order valence-corrected chi connectivity index (χ4v) is 2.87. The van der Waals surface area contributed by atoms with Gasteiger partial charge in [-0.05, 0) is 38.7 Å². The Kier molecular flexibility index (Phi) is 3.89. The van der Waals surface area contributed by atoms with Gasteiger partial charge in [0.25, 0.3) is 0 Å². The van der Waals surface area contributed by atoms with Gasteiger partial charge in [0.1, 0.15) is 0 Å². The van der Waals surface area contributed by atoms with Crippen LogP contribution < -0.4 is 5.46 Å². The molecule has 1 heterocycles. The summed E-state index contributed by atoms with van der Waals surface area (Å²) in [7, 11) is -0.380. The highest BCUT2D eigenvalue weighted by Gasteiger charge is 2.51. The summed E-state index contributed by atoms with van der Waals surface area (Å²) in [5, 5.41) is 9.78. The van der Waals surface area contributed by atoms with Crippen molar-refractivity contribution in [1.29, 1.82) is 0 Å². The van der Waals surface area contributed by atoms with Crippen LogP contribution in [0.3, 0.4) is 0 Å². The highest BCUT2D eigenvalue weighted by Crippen LogP contribution is 2.36. The molecule has 2 aliphatic rings. The molecule has 0 unspecified atom stereocenters. The van der Waals surface area contributed by atoms with Crippen molar-refractivity contribution in [3.8, 4) is 0 Å². The molecule has 1 aliphatic carbocycles. The number of allylic oxidation sites excluding steroid dienone is 2. The molecule has 1 aliphatic heterocycles. The fourth-order valence-electron chi connectivity index (χ4n) is 2.87. The highest BCUT2D eigenvalue weighted by atomic mass is 16.7. The molecule has 0 saturated carbocycles. The minimum Gasteiger partial charge on any atom is -0.512 e. The average Bonchev–Trinajstić information content (AvgIpc) is 2.89. The van der Waals surface area contributed by atoms with Crippen LogP contribution in [0.15, 0.2) is 35.6 Å². The van der Waals surface area contributed by atoms with Crippen molar-refractivity contribution >= 4 is 18.4 Å². The average molecular weight is 314 g/mol. The van der Waals surface area contributed by atoms with Gasteiger partial charge >= 0.3 is 7.12 Å². The first-order chi connectivity index (χ1) is 10.7. The molecule has 3 rings (SSSR count). The van der Waals surface area contributed by atoms with E-state index in [1.54, 1.807) is 0 Å². The predicted molar refractivity (Wildman–Crippen MR) is 89.8 cm³/mol. The van der Waals surface area contributed by atoms with Crippen LogP contribution >= 0.6 is 0 Å². The Morgan fingerprint density at radius 1 is 1.04 bits per heavy atom. The molecule has 1 aromatic carbocycles. The van der Waals surface area contributed by atoms with Gasteiger partial charge in [0.05, 0.1) is 17.0 Å². The topological polar surface area (TPSA) is 55.8 Å². The van der Waals surface area contributed by atoms with Crippen LogP contribution in [0.1, 0.15) is 46.1 Å². The van der Waals surface area contributed by atoms with Crippen molar-refractivity contribution in [2.75, 3.05) is 0 Å². The maximum absolute atomic E-state index is 11.8. The molecule has 23 heavy (non-hydrogen) atoms. The molecule has 0 aromatic heterocycles. The zero-order valence-corrected chi connectivity index (χ0v) is 14.2. The predicted octanol–water partition coefficient (Wildman–Crippen LogP) is 2.70. The fraction of sp³-hybridized carbons (Fsp3) is 0.500. The Bertz CT molecular complexity index is 642. The Labute approximate surface area is 137 Å². The minimum atomic E-state index is -0.380. The summed E-state index contributed by atoms with van der Waals surface area (Å²) < 4.78 is 12.1. The Morgan fingerprint density at radius 2 is 1.61 bits per heavy atom. The van der Waals surface area contributed by atoms with E-state index in [1.807, 2.05) is 52.0 Å². The third-order valence-electron chi connectivity index (χ3n) is 5.16. The van der Waals surface area contributed by atoms with E-state index in [0.29, 0.717) is 24.8 Å².